The van der Waals surface area contributed by atoms with Crippen molar-refractivity contribution < 1.29 is 23.7 Å². The molecule has 1 aliphatic heterocycles. The van der Waals surface area contributed by atoms with E-state index in [4.69, 9.17) is 23.7 Å². The van der Waals surface area contributed by atoms with Crippen LogP contribution in [-0.4, -0.2) is 28.4 Å². The maximum Gasteiger partial charge on any atom is 0.161 e. The van der Waals surface area contributed by atoms with Crippen LogP contribution in [0.25, 0.3) is 0 Å². The van der Waals surface area contributed by atoms with Gasteiger partial charge in [-0.25, -0.2) is 0 Å². The first-order chi connectivity index (χ1) is 13.0. The highest BCUT2D eigenvalue weighted by Gasteiger charge is 2.42. The van der Waals surface area contributed by atoms with E-state index in [2.05, 4.69) is 13.8 Å². The van der Waals surface area contributed by atoms with Crippen molar-refractivity contribution >= 4 is 0 Å². The van der Waals surface area contributed by atoms with Crippen LogP contribution >= 0.6 is 0 Å². The average Bonchev–Trinajstić information content (AvgIpc) is 3.01. The van der Waals surface area contributed by atoms with Crippen molar-refractivity contribution in [3.05, 3.63) is 47.5 Å². The Morgan fingerprint density at radius 3 is 1.93 bits per heavy atom. The Bertz CT molecular complexity index is 788. The number of rotatable bonds is 6. The van der Waals surface area contributed by atoms with Crippen LogP contribution in [0.3, 0.4) is 0 Å². The van der Waals surface area contributed by atoms with Crippen molar-refractivity contribution in [2.24, 2.45) is 11.8 Å². The number of hydrogen-bond acceptors (Lipinski definition) is 5. The van der Waals surface area contributed by atoms with Crippen molar-refractivity contribution in [2.75, 3.05) is 28.4 Å². The molecule has 146 valence electrons. The SMILES string of the molecule is COc1ccc(OC)c([C@H]2O[C@H](c3ccc(OC)c(OC)c3)[C@H](C)[C@@H]2C)c1. The van der Waals surface area contributed by atoms with Gasteiger partial charge in [0.25, 0.3) is 0 Å². The predicted molar refractivity (Wildman–Crippen MR) is 104 cm³/mol. The molecule has 0 N–H and O–H groups in total. The van der Waals surface area contributed by atoms with Crippen LogP contribution < -0.4 is 18.9 Å². The van der Waals surface area contributed by atoms with Crippen LogP contribution in [-0.2, 0) is 4.74 Å². The van der Waals surface area contributed by atoms with Gasteiger partial charge in [-0.15, -0.1) is 0 Å². The van der Waals surface area contributed by atoms with E-state index in [1.54, 1.807) is 28.4 Å². The van der Waals surface area contributed by atoms with Crippen LogP contribution in [0.2, 0.25) is 0 Å². The molecule has 3 rings (SSSR count). The van der Waals surface area contributed by atoms with E-state index in [-0.39, 0.29) is 12.2 Å². The largest absolute Gasteiger partial charge is 0.497 e. The first kappa shape index (κ1) is 19.4. The van der Waals surface area contributed by atoms with E-state index in [0.29, 0.717) is 23.3 Å². The molecule has 0 aromatic heterocycles. The second kappa shape index (κ2) is 8.09. The van der Waals surface area contributed by atoms with Gasteiger partial charge in [0, 0.05) is 5.56 Å². The Morgan fingerprint density at radius 1 is 0.667 bits per heavy atom. The lowest BCUT2D eigenvalue weighted by molar-refractivity contribution is 0.0275. The van der Waals surface area contributed by atoms with Crippen molar-refractivity contribution in [3.63, 3.8) is 0 Å². The molecular formula is C22H28O5. The lowest BCUT2D eigenvalue weighted by Gasteiger charge is -2.20. The molecule has 5 nitrogen and oxygen atoms in total. The molecule has 27 heavy (non-hydrogen) atoms. The van der Waals surface area contributed by atoms with Gasteiger partial charge < -0.3 is 23.7 Å². The third-order valence-electron chi connectivity index (χ3n) is 5.56. The Kier molecular flexibility index (Phi) is 5.80. The van der Waals surface area contributed by atoms with E-state index in [1.165, 1.54) is 0 Å². The Hall–Kier alpha value is -2.40. The summed E-state index contributed by atoms with van der Waals surface area (Å²) >= 11 is 0. The summed E-state index contributed by atoms with van der Waals surface area (Å²) in [7, 11) is 6.63. The van der Waals surface area contributed by atoms with Gasteiger partial charge in [0.15, 0.2) is 11.5 Å². The van der Waals surface area contributed by atoms with E-state index in [9.17, 15) is 0 Å². The van der Waals surface area contributed by atoms with Gasteiger partial charge >= 0.3 is 0 Å². The molecule has 0 radical (unpaired) electrons. The van der Waals surface area contributed by atoms with Crippen molar-refractivity contribution in [2.45, 2.75) is 26.1 Å². The summed E-state index contributed by atoms with van der Waals surface area (Å²) in [4.78, 5) is 0. The van der Waals surface area contributed by atoms with E-state index in [0.717, 1.165) is 22.6 Å². The van der Waals surface area contributed by atoms with E-state index < -0.39 is 0 Å². The zero-order valence-electron chi connectivity index (χ0n) is 16.8. The molecule has 0 saturated carbocycles. The minimum absolute atomic E-state index is 0.0410. The number of ether oxygens (including phenoxy) is 5. The van der Waals surface area contributed by atoms with E-state index >= 15 is 0 Å². The molecule has 0 spiro atoms. The molecule has 0 unspecified atom stereocenters. The quantitative estimate of drug-likeness (QED) is 0.728. The minimum atomic E-state index is -0.0804. The predicted octanol–water partition coefficient (Wildman–Crippen LogP) is 4.81. The molecule has 1 heterocycles. The van der Waals surface area contributed by atoms with Crippen molar-refractivity contribution in [1.82, 2.24) is 0 Å². The molecule has 4 atom stereocenters. The fourth-order valence-electron chi connectivity index (χ4n) is 3.79. The summed E-state index contributed by atoms with van der Waals surface area (Å²) in [5.41, 5.74) is 2.09. The fraction of sp³-hybridized carbons (Fsp3) is 0.455. The van der Waals surface area contributed by atoms with Crippen LogP contribution in [0.1, 0.15) is 37.2 Å². The Labute approximate surface area is 161 Å². The van der Waals surface area contributed by atoms with Gasteiger partial charge in [0.1, 0.15) is 11.5 Å². The van der Waals surface area contributed by atoms with Gasteiger partial charge in [-0.05, 0) is 47.7 Å². The van der Waals surface area contributed by atoms with Gasteiger partial charge in [-0.2, -0.15) is 0 Å². The third-order valence-corrected chi connectivity index (χ3v) is 5.56. The smallest absolute Gasteiger partial charge is 0.161 e. The topological polar surface area (TPSA) is 46.2 Å². The maximum atomic E-state index is 6.54. The number of hydrogen-bond donors (Lipinski definition) is 0. The molecule has 1 aliphatic rings. The molecule has 2 aromatic carbocycles. The van der Waals surface area contributed by atoms with Gasteiger partial charge in [0.2, 0.25) is 0 Å². The minimum Gasteiger partial charge on any atom is -0.497 e. The van der Waals surface area contributed by atoms with Gasteiger partial charge in [-0.1, -0.05) is 19.9 Å². The van der Waals surface area contributed by atoms with Crippen LogP contribution in [0, 0.1) is 11.8 Å². The molecule has 0 aliphatic carbocycles. The Morgan fingerprint density at radius 2 is 1.30 bits per heavy atom. The maximum absolute atomic E-state index is 6.54. The lowest BCUT2D eigenvalue weighted by Crippen LogP contribution is -2.10. The molecule has 0 amide bonds. The molecule has 1 saturated heterocycles. The standard InChI is InChI=1S/C22H28O5/c1-13-14(2)22(17-12-16(23-3)8-10-18(17)24-4)27-21(13)15-7-9-19(25-5)20(11-15)26-6/h7-14,21-22H,1-6H3/t13-,14+,21+,22+/m1/s1. The van der Waals surface area contributed by atoms with Crippen LogP contribution in [0.4, 0.5) is 0 Å². The van der Waals surface area contributed by atoms with Gasteiger partial charge in [0.05, 0.1) is 40.6 Å². The van der Waals surface area contributed by atoms with Gasteiger partial charge in [-0.3, -0.25) is 0 Å². The summed E-state index contributed by atoms with van der Waals surface area (Å²) < 4.78 is 28.3. The zero-order chi connectivity index (χ0) is 19.6. The Balaban J connectivity index is 1.95. The zero-order valence-corrected chi connectivity index (χ0v) is 16.8. The fourth-order valence-corrected chi connectivity index (χ4v) is 3.79. The monoisotopic (exact) mass is 372 g/mol. The summed E-state index contributed by atoms with van der Waals surface area (Å²) in [5.74, 6) is 3.66. The molecule has 0 bridgehead atoms. The normalized spacial score (nSPS) is 24.5. The molecule has 2 aromatic rings. The third kappa shape index (κ3) is 3.56. The summed E-state index contributed by atoms with van der Waals surface area (Å²) in [6, 6.07) is 11.8. The first-order valence-corrected chi connectivity index (χ1v) is 9.13. The number of benzene rings is 2. The first-order valence-electron chi connectivity index (χ1n) is 9.13. The number of methoxy groups -OCH3 is 4. The summed E-state index contributed by atoms with van der Waals surface area (Å²) in [6.45, 7) is 4.44. The van der Waals surface area contributed by atoms with Crippen molar-refractivity contribution in [1.29, 1.82) is 0 Å². The highest BCUT2D eigenvalue weighted by molar-refractivity contribution is 5.45. The average molecular weight is 372 g/mol. The van der Waals surface area contributed by atoms with Crippen LogP contribution in [0.5, 0.6) is 23.0 Å². The van der Waals surface area contributed by atoms with Crippen molar-refractivity contribution in [3.8, 4) is 23.0 Å². The second-order valence-electron chi connectivity index (χ2n) is 6.92. The molecule has 5 heteroatoms. The highest BCUT2D eigenvalue weighted by Crippen LogP contribution is 2.51. The molecular weight excluding hydrogens is 344 g/mol. The second-order valence-corrected chi connectivity index (χ2v) is 6.92. The summed E-state index contributed by atoms with van der Waals surface area (Å²) in [6.07, 6.45) is -0.121. The summed E-state index contributed by atoms with van der Waals surface area (Å²) in [5, 5.41) is 0. The van der Waals surface area contributed by atoms with Crippen LogP contribution in [0.15, 0.2) is 36.4 Å². The lowest BCUT2D eigenvalue weighted by atomic mass is 9.85. The highest BCUT2D eigenvalue weighted by atomic mass is 16.5. The van der Waals surface area contributed by atoms with E-state index in [1.807, 2.05) is 36.4 Å². The molecule has 1 fully saturated rings.